The lowest BCUT2D eigenvalue weighted by molar-refractivity contribution is -0.0432. The zero-order valence-electron chi connectivity index (χ0n) is 13.7. The maximum Gasteiger partial charge on any atom is 0.191 e. The number of rotatable bonds is 7. The Bertz CT molecular complexity index is 321. The monoisotopic (exact) mass is 296 g/mol. The van der Waals surface area contributed by atoms with E-state index in [4.69, 9.17) is 9.73 Å². The van der Waals surface area contributed by atoms with E-state index in [1.54, 1.807) is 0 Å². The van der Waals surface area contributed by atoms with Crippen LogP contribution < -0.4 is 10.6 Å². The van der Waals surface area contributed by atoms with E-state index in [2.05, 4.69) is 29.4 Å². The summed E-state index contributed by atoms with van der Waals surface area (Å²) in [7, 11) is 0. The summed E-state index contributed by atoms with van der Waals surface area (Å²) in [4.78, 5) is 7.27. The Morgan fingerprint density at radius 2 is 2.19 bits per heavy atom. The van der Waals surface area contributed by atoms with Crippen LogP contribution in [-0.4, -0.2) is 62.3 Å². The van der Waals surface area contributed by atoms with E-state index in [-0.39, 0.29) is 6.10 Å². The summed E-state index contributed by atoms with van der Waals surface area (Å²) in [6, 6.07) is 0.672. The number of nitrogens with zero attached hydrogens (tertiary/aromatic N) is 2. The van der Waals surface area contributed by atoms with Crippen LogP contribution in [0.4, 0.5) is 0 Å². The molecule has 2 aliphatic rings. The third kappa shape index (κ3) is 5.47. The highest BCUT2D eigenvalue weighted by atomic mass is 16.5. The lowest BCUT2D eigenvalue weighted by Gasteiger charge is -2.34. The highest BCUT2D eigenvalue weighted by Gasteiger charge is 2.31. The number of guanidine groups is 1. The van der Waals surface area contributed by atoms with E-state index in [9.17, 15) is 0 Å². The fourth-order valence-corrected chi connectivity index (χ4v) is 3.11. The molecule has 0 bridgehead atoms. The van der Waals surface area contributed by atoms with Gasteiger partial charge in [-0.25, -0.2) is 0 Å². The Hall–Kier alpha value is -0.810. The molecular formula is C16H32N4O. The minimum atomic E-state index is 0.255. The van der Waals surface area contributed by atoms with Crippen molar-refractivity contribution in [3.05, 3.63) is 0 Å². The zero-order chi connectivity index (χ0) is 14.9. The topological polar surface area (TPSA) is 48.9 Å². The highest BCUT2D eigenvalue weighted by molar-refractivity contribution is 5.79. The number of nitrogens with one attached hydrogen (secondary N) is 2. The summed E-state index contributed by atoms with van der Waals surface area (Å²) in [6.45, 7) is 10.2. The van der Waals surface area contributed by atoms with E-state index >= 15 is 0 Å². The summed E-state index contributed by atoms with van der Waals surface area (Å²) in [5.74, 6) is 0.931. The van der Waals surface area contributed by atoms with Crippen LogP contribution in [0.3, 0.4) is 0 Å². The van der Waals surface area contributed by atoms with E-state index in [1.165, 1.54) is 38.6 Å². The lowest BCUT2D eigenvalue weighted by atomic mass is 10.2. The van der Waals surface area contributed by atoms with Gasteiger partial charge in [-0.2, -0.15) is 0 Å². The first-order valence-electron chi connectivity index (χ1n) is 8.71. The maximum atomic E-state index is 5.96. The first-order valence-corrected chi connectivity index (χ1v) is 8.71. The average Bonchev–Trinajstić information content (AvgIpc) is 2.96. The molecule has 2 heterocycles. The van der Waals surface area contributed by atoms with Gasteiger partial charge in [-0.1, -0.05) is 19.8 Å². The number of hydrogen-bond donors (Lipinski definition) is 2. The Morgan fingerprint density at radius 3 is 3.00 bits per heavy atom. The summed E-state index contributed by atoms with van der Waals surface area (Å²) < 4.78 is 5.96. The number of hydrogen-bond acceptors (Lipinski definition) is 3. The van der Waals surface area contributed by atoms with Crippen LogP contribution in [0.2, 0.25) is 0 Å². The predicted molar refractivity (Wildman–Crippen MR) is 87.8 cm³/mol. The molecule has 2 rings (SSSR count). The molecule has 0 saturated carbocycles. The number of fused-ring (bicyclic) bond motifs is 1. The molecule has 0 aromatic heterocycles. The van der Waals surface area contributed by atoms with Crippen molar-refractivity contribution < 1.29 is 4.74 Å². The van der Waals surface area contributed by atoms with Gasteiger partial charge in [0.1, 0.15) is 0 Å². The second-order valence-corrected chi connectivity index (χ2v) is 6.10. The summed E-state index contributed by atoms with van der Waals surface area (Å²) in [5, 5.41) is 6.73. The van der Waals surface area contributed by atoms with Gasteiger partial charge in [0, 0.05) is 25.7 Å². The van der Waals surface area contributed by atoms with Crippen molar-refractivity contribution in [2.75, 3.05) is 39.3 Å². The predicted octanol–water partition coefficient (Wildman–Crippen LogP) is 1.59. The molecule has 2 saturated heterocycles. The quantitative estimate of drug-likeness (QED) is 0.426. The van der Waals surface area contributed by atoms with Gasteiger partial charge < -0.3 is 15.4 Å². The smallest absolute Gasteiger partial charge is 0.191 e. The fraction of sp³-hybridized carbons (Fsp3) is 0.938. The first kappa shape index (κ1) is 16.6. The van der Waals surface area contributed by atoms with Crippen LogP contribution in [0.1, 0.15) is 46.0 Å². The van der Waals surface area contributed by atoms with Crippen LogP contribution in [0.25, 0.3) is 0 Å². The molecule has 2 fully saturated rings. The van der Waals surface area contributed by atoms with Gasteiger partial charge in [0.15, 0.2) is 5.96 Å². The molecule has 2 N–H and O–H groups in total. The first-order chi connectivity index (χ1) is 10.3. The largest absolute Gasteiger partial charge is 0.373 e. The Morgan fingerprint density at radius 1 is 1.29 bits per heavy atom. The summed E-state index contributed by atoms with van der Waals surface area (Å²) >= 11 is 0. The van der Waals surface area contributed by atoms with Crippen LogP contribution in [-0.2, 0) is 4.74 Å². The third-order valence-electron chi connectivity index (χ3n) is 4.33. The molecule has 122 valence electrons. The Balaban J connectivity index is 1.73. The van der Waals surface area contributed by atoms with Gasteiger partial charge in [-0.3, -0.25) is 9.89 Å². The molecule has 2 unspecified atom stereocenters. The molecule has 0 aromatic carbocycles. The molecule has 5 heteroatoms. The van der Waals surface area contributed by atoms with E-state index in [0.717, 1.165) is 38.7 Å². The molecule has 5 nitrogen and oxygen atoms in total. The Labute approximate surface area is 129 Å². The number of morpholine rings is 1. The molecular weight excluding hydrogens is 264 g/mol. The fourth-order valence-electron chi connectivity index (χ4n) is 3.11. The molecule has 0 aliphatic carbocycles. The zero-order valence-corrected chi connectivity index (χ0v) is 13.7. The van der Waals surface area contributed by atoms with Gasteiger partial charge in [0.05, 0.1) is 19.3 Å². The minimum absolute atomic E-state index is 0.255. The highest BCUT2D eigenvalue weighted by Crippen LogP contribution is 2.22. The molecule has 0 spiro atoms. The van der Waals surface area contributed by atoms with E-state index in [0.29, 0.717) is 6.04 Å². The van der Waals surface area contributed by atoms with Crippen molar-refractivity contribution in [1.82, 2.24) is 15.5 Å². The molecule has 2 aliphatic heterocycles. The van der Waals surface area contributed by atoms with Gasteiger partial charge >= 0.3 is 0 Å². The maximum absolute atomic E-state index is 5.96. The number of aliphatic imine (C=N–C) groups is 1. The second-order valence-electron chi connectivity index (χ2n) is 6.10. The van der Waals surface area contributed by atoms with E-state index < -0.39 is 0 Å². The van der Waals surface area contributed by atoms with Crippen LogP contribution in [0.15, 0.2) is 4.99 Å². The van der Waals surface area contributed by atoms with Crippen LogP contribution in [0.5, 0.6) is 0 Å². The second kappa shape index (κ2) is 9.26. The SMILES string of the molecule is CCCCCNC(=NCC1CN2CCCC2CO1)NCC. The molecule has 0 radical (unpaired) electrons. The number of unbranched alkanes of at least 4 members (excludes halogenated alkanes) is 2. The van der Waals surface area contributed by atoms with Crippen molar-refractivity contribution in [2.45, 2.75) is 58.1 Å². The molecule has 2 atom stereocenters. The molecule has 0 amide bonds. The number of ether oxygens (including phenoxy) is 1. The Kier molecular flexibility index (Phi) is 7.30. The van der Waals surface area contributed by atoms with Crippen molar-refractivity contribution >= 4 is 5.96 Å². The summed E-state index contributed by atoms with van der Waals surface area (Å²) in [6.07, 6.45) is 6.61. The normalized spacial score (nSPS) is 26.7. The van der Waals surface area contributed by atoms with Gasteiger partial charge in [-0.05, 0) is 32.7 Å². The average molecular weight is 296 g/mol. The summed E-state index contributed by atoms with van der Waals surface area (Å²) in [5.41, 5.74) is 0. The minimum Gasteiger partial charge on any atom is -0.373 e. The van der Waals surface area contributed by atoms with Crippen molar-refractivity contribution in [3.8, 4) is 0 Å². The van der Waals surface area contributed by atoms with Gasteiger partial charge in [0.25, 0.3) is 0 Å². The van der Waals surface area contributed by atoms with Crippen molar-refractivity contribution in [1.29, 1.82) is 0 Å². The standard InChI is InChI=1S/C16H32N4O/c1-3-5-6-9-18-16(17-4-2)19-11-15-12-20-10-7-8-14(20)13-21-15/h14-15H,3-13H2,1-2H3,(H2,17,18,19). The molecule has 0 aromatic rings. The molecule has 21 heavy (non-hydrogen) atoms. The lowest BCUT2D eigenvalue weighted by Crippen LogP contribution is -2.47. The van der Waals surface area contributed by atoms with Gasteiger partial charge in [-0.15, -0.1) is 0 Å². The third-order valence-corrected chi connectivity index (χ3v) is 4.33. The van der Waals surface area contributed by atoms with Crippen molar-refractivity contribution in [2.24, 2.45) is 4.99 Å². The van der Waals surface area contributed by atoms with Crippen LogP contribution >= 0.6 is 0 Å². The van der Waals surface area contributed by atoms with E-state index in [1.807, 2.05) is 0 Å². The van der Waals surface area contributed by atoms with Gasteiger partial charge in [0.2, 0.25) is 0 Å². The van der Waals surface area contributed by atoms with Crippen molar-refractivity contribution in [3.63, 3.8) is 0 Å². The van der Waals surface area contributed by atoms with Crippen LogP contribution in [0, 0.1) is 0 Å².